The van der Waals surface area contributed by atoms with Gasteiger partial charge in [-0.15, -0.1) is 0 Å². The van der Waals surface area contributed by atoms with E-state index in [0.29, 0.717) is 18.3 Å². The Morgan fingerprint density at radius 3 is 2.50 bits per heavy atom. The third-order valence-corrected chi connectivity index (χ3v) is 2.10. The number of nitrogens with one attached hydrogen (secondary N) is 1. The number of amides is 1. The number of hydrogen-bond donors (Lipinski definition) is 2. The van der Waals surface area contributed by atoms with Gasteiger partial charge < -0.3 is 10.4 Å². The molecular formula is C11H23NO2. The van der Waals surface area contributed by atoms with Crippen LogP contribution in [-0.4, -0.2) is 24.2 Å². The van der Waals surface area contributed by atoms with Gasteiger partial charge in [-0.2, -0.15) is 0 Å². The molecule has 2 N–H and O–H groups in total. The van der Waals surface area contributed by atoms with E-state index in [2.05, 4.69) is 5.32 Å². The van der Waals surface area contributed by atoms with E-state index in [9.17, 15) is 4.79 Å². The standard InChI is InChI=1S/C11H23NO2/c1-9(2)7-11(14)12-6-4-5-10(3)8-13/h9-10,13H,4-8H2,1-3H3,(H,12,14). The smallest absolute Gasteiger partial charge is 0.220 e. The molecule has 1 unspecified atom stereocenters. The van der Waals surface area contributed by atoms with Gasteiger partial charge in [-0.25, -0.2) is 0 Å². The van der Waals surface area contributed by atoms with Crippen LogP contribution in [0.4, 0.5) is 0 Å². The Balaban J connectivity index is 3.31. The number of hydrogen-bond acceptors (Lipinski definition) is 2. The Hall–Kier alpha value is -0.570. The molecule has 14 heavy (non-hydrogen) atoms. The first-order valence-corrected chi connectivity index (χ1v) is 5.43. The molecule has 0 aromatic heterocycles. The molecule has 0 fully saturated rings. The quantitative estimate of drug-likeness (QED) is 0.614. The highest BCUT2D eigenvalue weighted by molar-refractivity contribution is 5.75. The maximum Gasteiger partial charge on any atom is 0.220 e. The van der Waals surface area contributed by atoms with Crippen LogP contribution >= 0.6 is 0 Å². The highest BCUT2D eigenvalue weighted by Crippen LogP contribution is 2.03. The first-order valence-electron chi connectivity index (χ1n) is 5.43. The van der Waals surface area contributed by atoms with Crippen LogP contribution in [0.3, 0.4) is 0 Å². The van der Waals surface area contributed by atoms with Crippen LogP contribution in [0.5, 0.6) is 0 Å². The first-order chi connectivity index (χ1) is 6.56. The minimum Gasteiger partial charge on any atom is -0.396 e. The molecule has 3 heteroatoms. The lowest BCUT2D eigenvalue weighted by atomic mass is 10.1. The summed E-state index contributed by atoms with van der Waals surface area (Å²) in [5.41, 5.74) is 0. The fourth-order valence-electron chi connectivity index (χ4n) is 1.21. The number of aliphatic hydroxyl groups excluding tert-OH is 1. The summed E-state index contributed by atoms with van der Waals surface area (Å²) in [6.07, 6.45) is 2.53. The predicted octanol–water partition coefficient (Wildman–Crippen LogP) is 1.56. The Morgan fingerprint density at radius 1 is 1.36 bits per heavy atom. The lowest BCUT2D eigenvalue weighted by Crippen LogP contribution is -2.25. The van der Waals surface area contributed by atoms with Crippen molar-refractivity contribution in [2.24, 2.45) is 11.8 Å². The molecule has 3 nitrogen and oxygen atoms in total. The highest BCUT2D eigenvalue weighted by Gasteiger charge is 2.04. The fourth-order valence-corrected chi connectivity index (χ4v) is 1.21. The van der Waals surface area contributed by atoms with Crippen molar-refractivity contribution in [1.82, 2.24) is 5.32 Å². The zero-order valence-electron chi connectivity index (χ0n) is 9.55. The summed E-state index contributed by atoms with van der Waals surface area (Å²) < 4.78 is 0. The average molecular weight is 201 g/mol. The summed E-state index contributed by atoms with van der Waals surface area (Å²) in [5, 5.41) is 11.6. The number of rotatable bonds is 7. The van der Waals surface area contributed by atoms with Crippen LogP contribution in [-0.2, 0) is 4.79 Å². The van der Waals surface area contributed by atoms with E-state index in [-0.39, 0.29) is 12.5 Å². The second kappa shape index (κ2) is 7.80. The molecule has 0 aliphatic carbocycles. The van der Waals surface area contributed by atoms with Gasteiger partial charge in [-0.3, -0.25) is 4.79 Å². The summed E-state index contributed by atoms with van der Waals surface area (Å²) in [7, 11) is 0. The van der Waals surface area contributed by atoms with Crippen LogP contribution in [0, 0.1) is 11.8 Å². The van der Waals surface area contributed by atoms with E-state index >= 15 is 0 Å². The predicted molar refractivity (Wildman–Crippen MR) is 57.9 cm³/mol. The van der Waals surface area contributed by atoms with Gasteiger partial charge in [0.15, 0.2) is 0 Å². The minimum atomic E-state index is 0.136. The van der Waals surface area contributed by atoms with E-state index in [1.165, 1.54) is 0 Å². The SMILES string of the molecule is CC(C)CC(=O)NCCCC(C)CO. The lowest BCUT2D eigenvalue weighted by Gasteiger charge is -2.09. The lowest BCUT2D eigenvalue weighted by molar-refractivity contribution is -0.121. The molecule has 0 aromatic carbocycles. The maximum absolute atomic E-state index is 11.2. The summed E-state index contributed by atoms with van der Waals surface area (Å²) in [6.45, 7) is 7.05. The highest BCUT2D eigenvalue weighted by atomic mass is 16.3. The van der Waals surface area contributed by atoms with Gasteiger partial charge in [0, 0.05) is 19.6 Å². The monoisotopic (exact) mass is 201 g/mol. The second-order valence-corrected chi connectivity index (χ2v) is 4.38. The second-order valence-electron chi connectivity index (χ2n) is 4.38. The first kappa shape index (κ1) is 13.4. The normalized spacial score (nSPS) is 12.9. The molecular weight excluding hydrogens is 178 g/mol. The van der Waals surface area contributed by atoms with Crippen molar-refractivity contribution in [3.63, 3.8) is 0 Å². The topological polar surface area (TPSA) is 49.3 Å². The van der Waals surface area contributed by atoms with E-state index in [0.717, 1.165) is 19.4 Å². The zero-order chi connectivity index (χ0) is 11.0. The van der Waals surface area contributed by atoms with Crippen molar-refractivity contribution in [2.75, 3.05) is 13.2 Å². The fraction of sp³-hybridized carbons (Fsp3) is 0.909. The van der Waals surface area contributed by atoms with Gasteiger partial charge in [0.1, 0.15) is 0 Å². The van der Waals surface area contributed by atoms with Crippen LogP contribution < -0.4 is 5.32 Å². The van der Waals surface area contributed by atoms with Crippen molar-refractivity contribution in [3.8, 4) is 0 Å². The van der Waals surface area contributed by atoms with E-state index < -0.39 is 0 Å². The molecule has 0 bridgehead atoms. The Bertz CT molecular complexity index is 157. The van der Waals surface area contributed by atoms with Crippen molar-refractivity contribution >= 4 is 5.91 Å². The Kier molecular flexibility index (Phi) is 7.48. The van der Waals surface area contributed by atoms with Crippen molar-refractivity contribution in [3.05, 3.63) is 0 Å². The van der Waals surface area contributed by atoms with Crippen molar-refractivity contribution in [1.29, 1.82) is 0 Å². The molecule has 1 atom stereocenters. The zero-order valence-corrected chi connectivity index (χ0v) is 9.55. The van der Waals surface area contributed by atoms with Gasteiger partial charge in [0.2, 0.25) is 5.91 Å². The molecule has 0 saturated heterocycles. The molecule has 0 spiro atoms. The summed E-state index contributed by atoms with van der Waals surface area (Å²) in [6, 6.07) is 0. The molecule has 0 aliphatic rings. The van der Waals surface area contributed by atoms with Crippen molar-refractivity contribution < 1.29 is 9.90 Å². The Labute approximate surface area is 86.9 Å². The van der Waals surface area contributed by atoms with Crippen LogP contribution in [0.25, 0.3) is 0 Å². The maximum atomic E-state index is 11.2. The van der Waals surface area contributed by atoms with Crippen molar-refractivity contribution in [2.45, 2.75) is 40.0 Å². The van der Waals surface area contributed by atoms with Crippen LogP contribution in [0.2, 0.25) is 0 Å². The van der Waals surface area contributed by atoms with Gasteiger partial charge in [0.25, 0.3) is 0 Å². The molecule has 84 valence electrons. The molecule has 0 radical (unpaired) electrons. The molecule has 1 amide bonds. The number of carbonyl (C=O) groups is 1. The Morgan fingerprint density at radius 2 is 2.00 bits per heavy atom. The van der Waals surface area contributed by atoms with Gasteiger partial charge in [-0.1, -0.05) is 20.8 Å². The molecule has 0 heterocycles. The van der Waals surface area contributed by atoms with Crippen LogP contribution in [0.1, 0.15) is 40.0 Å². The molecule has 0 aromatic rings. The third kappa shape index (κ3) is 8.05. The van der Waals surface area contributed by atoms with Gasteiger partial charge >= 0.3 is 0 Å². The molecule has 0 saturated carbocycles. The number of carbonyl (C=O) groups excluding carboxylic acids is 1. The van der Waals surface area contributed by atoms with E-state index in [1.807, 2.05) is 20.8 Å². The van der Waals surface area contributed by atoms with Crippen LogP contribution in [0.15, 0.2) is 0 Å². The summed E-state index contributed by atoms with van der Waals surface area (Å²) in [4.78, 5) is 11.2. The number of aliphatic hydroxyl groups is 1. The summed E-state index contributed by atoms with van der Waals surface area (Å²) >= 11 is 0. The van der Waals surface area contributed by atoms with Gasteiger partial charge in [0.05, 0.1) is 0 Å². The summed E-state index contributed by atoms with van der Waals surface area (Å²) in [5.74, 6) is 0.903. The van der Waals surface area contributed by atoms with E-state index in [4.69, 9.17) is 5.11 Å². The third-order valence-electron chi connectivity index (χ3n) is 2.10. The van der Waals surface area contributed by atoms with E-state index in [1.54, 1.807) is 0 Å². The average Bonchev–Trinajstić information content (AvgIpc) is 2.10. The minimum absolute atomic E-state index is 0.136. The van der Waals surface area contributed by atoms with Gasteiger partial charge in [-0.05, 0) is 24.7 Å². The molecule has 0 aliphatic heterocycles. The molecule has 0 rings (SSSR count). The largest absolute Gasteiger partial charge is 0.396 e.